The van der Waals surface area contributed by atoms with Crippen LogP contribution in [0.25, 0.3) is 11.0 Å². The number of nitrogens with one attached hydrogen (secondary N) is 1. The molecule has 1 saturated heterocycles. The van der Waals surface area contributed by atoms with Gasteiger partial charge >= 0.3 is 11.1 Å². The molecule has 2 heterocycles. The third kappa shape index (κ3) is 4.26. The molecule has 7 heteroatoms. The summed E-state index contributed by atoms with van der Waals surface area (Å²) in [5.41, 5.74) is 1.70. The van der Waals surface area contributed by atoms with E-state index in [2.05, 4.69) is 17.1 Å². The number of nitrogens with zero attached hydrogens (tertiary/aromatic N) is 2. The van der Waals surface area contributed by atoms with Crippen LogP contribution in [0.5, 0.6) is 5.75 Å². The van der Waals surface area contributed by atoms with Gasteiger partial charge in [0.05, 0.1) is 18.1 Å². The highest BCUT2D eigenvalue weighted by molar-refractivity contribution is 5.97. The Labute approximate surface area is 180 Å². The molecule has 31 heavy (non-hydrogen) atoms. The molecule has 1 aromatic heterocycles. The summed E-state index contributed by atoms with van der Waals surface area (Å²) in [7, 11) is 1.66. The molecule has 7 nitrogen and oxygen atoms in total. The molecule has 0 unspecified atom stereocenters. The van der Waals surface area contributed by atoms with E-state index in [1.165, 1.54) is 10.1 Å². The number of ether oxygens (including phenoxy) is 1. The smallest absolute Gasteiger partial charge is 0.316 e. The van der Waals surface area contributed by atoms with Crippen molar-refractivity contribution in [2.75, 3.05) is 20.2 Å². The van der Waals surface area contributed by atoms with Crippen LogP contribution in [0.15, 0.2) is 52.1 Å². The van der Waals surface area contributed by atoms with Crippen LogP contribution in [0.2, 0.25) is 0 Å². The summed E-state index contributed by atoms with van der Waals surface area (Å²) in [5.74, 6) is 1.36. The number of rotatable bonds is 5. The highest BCUT2D eigenvalue weighted by Gasteiger charge is 2.24. The summed E-state index contributed by atoms with van der Waals surface area (Å²) in [6.07, 6.45) is 2.91. The quantitative estimate of drug-likeness (QED) is 0.642. The van der Waals surface area contributed by atoms with Crippen molar-refractivity contribution in [2.24, 2.45) is 5.92 Å². The predicted octanol–water partition coefficient (Wildman–Crippen LogP) is 2.81. The van der Waals surface area contributed by atoms with Crippen LogP contribution >= 0.6 is 0 Å². The zero-order valence-corrected chi connectivity index (χ0v) is 17.9. The molecule has 0 spiro atoms. The molecule has 2 aromatic carbocycles. The SMILES string of the molecule is CCn1c(=O)c(=O)[nH]c2cc(C(=O)N3CCC(Cc4ccc(OC)cc4)CC3)ccc21. The topological polar surface area (TPSA) is 84.4 Å². The van der Waals surface area contributed by atoms with Gasteiger partial charge in [-0.05, 0) is 68.0 Å². The molecule has 0 aliphatic carbocycles. The third-order valence-electron chi connectivity index (χ3n) is 6.12. The Morgan fingerprint density at radius 2 is 1.81 bits per heavy atom. The maximum atomic E-state index is 13.0. The van der Waals surface area contributed by atoms with Crippen LogP contribution in [0.3, 0.4) is 0 Å². The minimum atomic E-state index is -0.668. The average Bonchev–Trinajstić information content (AvgIpc) is 2.80. The van der Waals surface area contributed by atoms with Gasteiger partial charge in [-0.3, -0.25) is 14.4 Å². The summed E-state index contributed by atoms with van der Waals surface area (Å²) in [4.78, 5) is 41.5. The van der Waals surface area contributed by atoms with Crippen molar-refractivity contribution >= 4 is 16.9 Å². The van der Waals surface area contributed by atoms with Crippen molar-refractivity contribution in [3.63, 3.8) is 0 Å². The van der Waals surface area contributed by atoms with Gasteiger partial charge in [0.2, 0.25) is 0 Å². The summed E-state index contributed by atoms with van der Waals surface area (Å²) in [6, 6.07) is 13.3. The first-order valence-corrected chi connectivity index (χ1v) is 10.7. The molecule has 1 aliphatic rings. The molecular weight excluding hydrogens is 394 g/mol. The van der Waals surface area contributed by atoms with Crippen molar-refractivity contribution in [2.45, 2.75) is 32.7 Å². The highest BCUT2D eigenvalue weighted by atomic mass is 16.5. The number of benzene rings is 2. The van der Waals surface area contributed by atoms with Crippen molar-refractivity contribution in [1.82, 2.24) is 14.5 Å². The lowest BCUT2D eigenvalue weighted by Crippen LogP contribution is -2.39. The van der Waals surface area contributed by atoms with E-state index in [0.29, 0.717) is 42.1 Å². The lowest BCUT2D eigenvalue weighted by atomic mass is 9.90. The summed E-state index contributed by atoms with van der Waals surface area (Å²) < 4.78 is 6.64. The normalized spacial score (nSPS) is 14.7. The maximum absolute atomic E-state index is 13.0. The Kier molecular flexibility index (Phi) is 5.93. The Balaban J connectivity index is 1.44. The molecule has 1 amide bonds. The first kappa shape index (κ1) is 20.9. The standard InChI is InChI=1S/C24H27N3O4/c1-3-27-21-9-6-18(15-20(21)25-22(28)24(27)30)23(29)26-12-10-17(11-13-26)14-16-4-7-19(31-2)8-5-16/h4-9,15,17H,3,10-14H2,1-2H3,(H,25,28). The van der Waals surface area contributed by atoms with Gasteiger partial charge in [-0.25, -0.2) is 0 Å². The van der Waals surface area contributed by atoms with Crippen molar-refractivity contribution in [3.05, 3.63) is 74.3 Å². The number of likely N-dealkylation sites (tertiary alicyclic amines) is 1. The van der Waals surface area contributed by atoms with Crippen LogP contribution in [0, 0.1) is 5.92 Å². The molecule has 162 valence electrons. The number of fused-ring (bicyclic) bond motifs is 1. The zero-order chi connectivity index (χ0) is 22.0. The maximum Gasteiger partial charge on any atom is 0.316 e. The van der Waals surface area contributed by atoms with Gasteiger partial charge in [-0.1, -0.05) is 12.1 Å². The van der Waals surface area contributed by atoms with Gasteiger partial charge in [0.1, 0.15) is 5.75 Å². The number of aromatic nitrogens is 2. The number of piperidine rings is 1. The number of aromatic amines is 1. The van der Waals surface area contributed by atoms with E-state index in [1.807, 2.05) is 24.0 Å². The summed E-state index contributed by atoms with van der Waals surface area (Å²) in [5, 5.41) is 0. The lowest BCUT2D eigenvalue weighted by molar-refractivity contribution is 0.0690. The molecule has 3 aromatic rings. The predicted molar refractivity (Wildman–Crippen MR) is 120 cm³/mol. The van der Waals surface area contributed by atoms with Crippen molar-refractivity contribution < 1.29 is 9.53 Å². The molecular formula is C24H27N3O4. The minimum Gasteiger partial charge on any atom is -0.497 e. The molecule has 0 bridgehead atoms. The molecule has 0 atom stereocenters. The van der Waals surface area contributed by atoms with Crippen LogP contribution in [0.1, 0.15) is 35.7 Å². The zero-order valence-electron chi connectivity index (χ0n) is 17.9. The number of hydrogen-bond donors (Lipinski definition) is 1. The average molecular weight is 421 g/mol. The molecule has 4 rings (SSSR count). The number of methoxy groups -OCH3 is 1. The Morgan fingerprint density at radius 3 is 2.45 bits per heavy atom. The van der Waals surface area contributed by atoms with Gasteiger partial charge in [0, 0.05) is 25.2 Å². The Morgan fingerprint density at radius 1 is 1.10 bits per heavy atom. The number of carbonyl (C=O) groups excluding carboxylic acids is 1. The Hall–Kier alpha value is -3.35. The van der Waals surface area contributed by atoms with E-state index in [-0.39, 0.29) is 5.91 Å². The third-order valence-corrected chi connectivity index (χ3v) is 6.12. The minimum absolute atomic E-state index is 0.0418. The molecule has 1 N–H and O–H groups in total. The molecule has 0 radical (unpaired) electrons. The van der Waals surface area contributed by atoms with E-state index in [0.717, 1.165) is 25.0 Å². The monoisotopic (exact) mass is 421 g/mol. The van der Waals surface area contributed by atoms with Gasteiger partial charge in [-0.2, -0.15) is 0 Å². The van der Waals surface area contributed by atoms with Crippen LogP contribution in [-0.4, -0.2) is 40.6 Å². The summed E-state index contributed by atoms with van der Waals surface area (Å²) in [6.45, 7) is 3.63. The second kappa shape index (κ2) is 8.79. The lowest BCUT2D eigenvalue weighted by Gasteiger charge is -2.32. The fourth-order valence-electron chi connectivity index (χ4n) is 4.34. The molecule has 1 aliphatic heterocycles. The summed E-state index contributed by atoms with van der Waals surface area (Å²) >= 11 is 0. The fraction of sp³-hybridized carbons (Fsp3) is 0.375. The number of carbonyl (C=O) groups is 1. The fourth-order valence-corrected chi connectivity index (χ4v) is 4.34. The largest absolute Gasteiger partial charge is 0.497 e. The highest BCUT2D eigenvalue weighted by Crippen LogP contribution is 2.24. The van der Waals surface area contributed by atoms with Gasteiger partial charge in [0.15, 0.2) is 0 Å². The number of amides is 1. The van der Waals surface area contributed by atoms with Crippen LogP contribution < -0.4 is 15.9 Å². The van der Waals surface area contributed by atoms with E-state index in [4.69, 9.17) is 4.74 Å². The van der Waals surface area contributed by atoms with E-state index in [1.54, 1.807) is 25.3 Å². The molecule has 0 saturated carbocycles. The van der Waals surface area contributed by atoms with Crippen LogP contribution in [-0.2, 0) is 13.0 Å². The first-order valence-electron chi connectivity index (χ1n) is 10.7. The number of hydrogen-bond acceptors (Lipinski definition) is 4. The Bertz CT molecular complexity index is 1200. The van der Waals surface area contributed by atoms with E-state index < -0.39 is 11.1 Å². The second-order valence-electron chi connectivity index (χ2n) is 8.02. The van der Waals surface area contributed by atoms with Gasteiger partial charge in [0.25, 0.3) is 5.91 Å². The number of H-pyrrole nitrogens is 1. The molecule has 1 fully saturated rings. The van der Waals surface area contributed by atoms with E-state index in [9.17, 15) is 14.4 Å². The van der Waals surface area contributed by atoms with Crippen molar-refractivity contribution in [3.8, 4) is 5.75 Å². The van der Waals surface area contributed by atoms with Crippen LogP contribution in [0.4, 0.5) is 0 Å². The second-order valence-corrected chi connectivity index (χ2v) is 8.02. The number of aryl methyl sites for hydroxylation is 1. The first-order chi connectivity index (χ1) is 15.0. The van der Waals surface area contributed by atoms with Crippen molar-refractivity contribution in [1.29, 1.82) is 0 Å². The van der Waals surface area contributed by atoms with E-state index >= 15 is 0 Å². The van der Waals surface area contributed by atoms with Gasteiger partial charge in [-0.15, -0.1) is 0 Å². The van der Waals surface area contributed by atoms with Gasteiger partial charge < -0.3 is 19.2 Å².